The molecule has 0 saturated heterocycles. The summed E-state index contributed by atoms with van der Waals surface area (Å²) in [6.45, 7) is -0.413. The fraction of sp³-hybridized carbons (Fsp3) is 0.208. The second-order valence-corrected chi connectivity index (χ2v) is 19.0. The average Bonchev–Trinajstić information content (AvgIpc) is 3.07. The van der Waals surface area contributed by atoms with Gasteiger partial charge >= 0.3 is 16.4 Å². The summed E-state index contributed by atoms with van der Waals surface area (Å²) in [7, 11) is -24.5. The maximum absolute atomic E-state index is 12.7. The van der Waals surface area contributed by atoms with Gasteiger partial charge in [-0.15, -0.1) is 24.8 Å². The second-order valence-electron chi connectivity index (χ2n) is 10.4. The summed E-state index contributed by atoms with van der Waals surface area (Å²) < 4.78 is 162. The van der Waals surface area contributed by atoms with Crippen molar-refractivity contribution in [2.75, 3.05) is 36.2 Å². The van der Waals surface area contributed by atoms with Gasteiger partial charge in [0.1, 0.15) is 38.1 Å². The van der Waals surface area contributed by atoms with Crippen LogP contribution in [0, 0.1) is 6.92 Å². The molecule has 0 unspecified atom stereocenters. The number of nitrogen functional groups attached to an aromatic ring is 2. The zero-order valence-electron chi connectivity index (χ0n) is 27.5. The van der Waals surface area contributed by atoms with Gasteiger partial charge in [0, 0.05) is 0 Å². The lowest BCUT2D eigenvalue weighted by atomic mass is 10.0. The molecule has 56 heavy (non-hydrogen) atoms. The van der Waals surface area contributed by atoms with E-state index in [1.165, 1.54) is 6.92 Å². The number of rotatable bonds is 19. The van der Waals surface area contributed by atoms with E-state index >= 15 is 0 Å². The summed E-state index contributed by atoms with van der Waals surface area (Å²) in [4.78, 5) is 8.74. The van der Waals surface area contributed by atoms with Crippen molar-refractivity contribution < 1.29 is 88.6 Å². The van der Waals surface area contributed by atoms with E-state index in [0.29, 0.717) is 18.2 Å². The van der Waals surface area contributed by atoms with Crippen LogP contribution in [0.1, 0.15) is 15.9 Å². The molecule has 3 aromatic carbocycles. The van der Waals surface area contributed by atoms with Gasteiger partial charge < -0.3 is 16.6 Å². The lowest BCUT2D eigenvalue weighted by Crippen LogP contribution is -2.16. The van der Waals surface area contributed by atoms with E-state index < -0.39 is 140 Å². The number of benzene rings is 3. The molecule has 0 amide bonds. The molecule has 0 atom stereocenters. The first-order chi connectivity index (χ1) is 25.7. The zero-order chi connectivity index (χ0) is 42.4. The van der Waals surface area contributed by atoms with Gasteiger partial charge in [-0.1, -0.05) is 5.04 Å². The highest BCUT2D eigenvalue weighted by Crippen LogP contribution is 2.45. The summed E-state index contributed by atoms with van der Waals surface area (Å²) in [6, 6.07) is 4.00. The Hall–Kier alpha value is -4.29. The minimum Gasteiger partial charge on any atom is -0.478 e. The first-order valence-corrected chi connectivity index (χ1v) is 22.3. The van der Waals surface area contributed by atoms with Crippen LogP contribution in [-0.2, 0) is 68.0 Å². The molecule has 0 aliphatic carbocycles. The van der Waals surface area contributed by atoms with Gasteiger partial charge in [0.25, 0.3) is 20.2 Å². The Morgan fingerprint density at radius 1 is 0.714 bits per heavy atom. The number of sulfone groups is 2. The van der Waals surface area contributed by atoms with Crippen LogP contribution in [0.2, 0.25) is 0 Å². The van der Waals surface area contributed by atoms with Crippen LogP contribution in [0.15, 0.2) is 76.4 Å². The molecule has 0 saturated carbocycles. The van der Waals surface area contributed by atoms with Crippen molar-refractivity contribution in [3.63, 3.8) is 0 Å². The maximum atomic E-state index is 12.7. The quantitative estimate of drug-likeness (QED) is 0.0173. The Kier molecular flexibility index (Phi) is 14.7. The van der Waals surface area contributed by atoms with Gasteiger partial charge in [-0.2, -0.15) is 25.3 Å². The van der Waals surface area contributed by atoms with Crippen LogP contribution in [0.25, 0.3) is 0 Å². The van der Waals surface area contributed by atoms with Crippen molar-refractivity contribution in [2.24, 2.45) is 20.5 Å². The Morgan fingerprint density at radius 2 is 1.14 bits per heavy atom. The summed E-state index contributed by atoms with van der Waals surface area (Å²) in [5.74, 6) is -3.74. The molecular weight excluding hydrogens is 885 g/mol. The number of aromatic carboxylic acids is 1. The third-order valence-electron chi connectivity index (χ3n) is 6.78. The highest BCUT2D eigenvalue weighted by Gasteiger charge is 2.28. The zero-order valence-corrected chi connectivity index (χ0v) is 32.4. The fourth-order valence-electron chi connectivity index (χ4n) is 4.15. The highest BCUT2D eigenvalue weighted by molar-refractivity contribution is 7.92. The smallest absolute Gasteiger partial charge is 0.397 e. The number of hydrogen-bond donors (Lipinski definition) is 7. The molecule has 0 heterocycles. The van der Waals surface area contributed by atoms with E-state index in [-0.39, 0.29) is 17.9 Å². The standard InChI is InChI=1S/C24H26N6O20S6/c1-12-20(25)22(29-27-15-4-2-13(10-17(15)54(38,39)40)52(34,35)8-6-47-51-50-49-33)19(24(31)32)23(21(12)26)30-28-16-5-3-14(11-18(16)55(41,42)43)53(36,37)9-7-48-56(44,45)46/h2-5,10-11,33H,6-9,25-26H2,1H3,(H,31,32)(H,38,39,40)(H,41,42,43)(H,44,45,46). The Morgan fingerprint density at radius 3 is 1.52 bits per heavy atom. The van der Waals surface area contributed by atoms with Crippen molar-refractivity contribution in [1.82, 2.24) is 0 Å². The molecule has 0 aromatic heterocycles. The molecule has 32 heteroatoms. The van der Waals surface area contributed by atoms with Gasteiger partial charge in [0.15, 0.2) is 32.0 Å². The van der Waals surface area contributed by atoms with Crippen molar-refractivity contribution in [1.29, 1.82) is 0 Å². The van der Waals surface area contributed by atoms with Crippen LogP contribution in [0.5, 0.6) is 0 Å². The van der Waals surface area contributed by atoms with Gasteiger partial charge in [0.05, 0.1) is 45.9 Å². The van der Waals surface area contributed by atoms with Crippen LogP contribution < -0.4 is 11.5 Å². The summed E-state index contributed by atoms with van der Waals surface area (Å²) in [5, 5.41) is 36.0. The highest BCUT2D eigenvalue weighted by atomic mass is 32.3. The van der Waals surface area contributed by atoms with Crippen LogP contribution in [-0.4, -0.2) is 96.8 Å². The fourth-order valence-corrected chi connectivity index (χ4v) is 8.54. The number of carboxylic acid groups (broad SMARTS) is 1. The van der Waals surface area contributed by atoms with Crippen molar-refractivity contribution >= 4 is 103 Å². The largest absolute Gasteiger partial charge is 0.478 e. The molecule has 0 aliphatic heterocycles. The molecule has 0 aliphatic rings. The van der Waals surface area contributed by atoms with Gasteiger partial charge in [-0.05, 0) is 48.9 Å². The lowest BCUT2D eigenvalue weighted by Gasteiger charge is -2.14. The first-order valence-electron chi connectivity index (χ1n) is 14.1. The Labute approximate surface area is 320 Å². The van der Waals surface area contributed by atoms with Gasteiger partial charge in [0.2, 0.25) is 0 Å². The van der Waals surface area contributed by atoms with E-state index in [4.69, 9.17) is 21.3 Å². The molecule has 9 N–H and O–H groups in total. The number of carbonyl (C=O) groups is 1. The second kappa shape index (κ2) is 17.9. The molecule has 0 bridgehead atoms. The number of azo groups is 2. The van der Waals surface area contributed by atoms with Crippen molar-refractivity contribution in [3.05, 3.63) is 47.5 Å². The number of hydrogen-bond acceptors (Lipinski definition) is 23. The molecule has 0 fully saturated rings. The van der Waals surface area contributed by atoms with Crippen molar-refractivity contribution in [2.45, 2.75) is 26.5 Å². The third-order valence-corrected chi connectivity index (χ3v) is 12.7. The normalized spacial score (nSPS) is 13.2. The molecule has 308 valence electrons. The number of nitrogens with zero attached hydrogens (tertiary/aromatic N) is 4. The maximum Gasteiger partial charge on any atom is 0.397 e. The minimum absolute atomic E-state index is 0.0673. The van der Waals surface area contributed by atoms with E-state index in [1.54, 1.807) is 0 Å². The van der Waals surface area contributed by atoms with Gasteiger partial charge in [-0.25, -0.2) is 31.1 Å². The predicted molar refractivity (Wildman–Crippen MR) is 188 cm³/mol. The average molecular weight is 911 g/mol. The summed E-state index contributed by atoms with van der Waals surface area (Å²) in [6.07, 6.45) is 0. The van der Waals surface area contributed by atoms with E-state index in [0.717, 1.165) is 18.2 Å². The Bertz CT molecular complexity index is 2650. The predicted octanol–water partition coefficient (Wildman–Crippen LogP) is 2.55. The Balaban J connectivity index is 2.15. The van der Waals surface area contributed by atoms with Gasteiger partial charge in [-0.3, -0.25) is 17.8 Å². The molecule has 0 spiro atoms. The first kappa shape index (κ1) is 46.1. The summed E-state index contributed by atoms with van der Waals surface area (Å²) in [5.41, 5.74) is 6.97. The number of nitrogens with two attached hydrogens (primary N) is 2. The van der Waals surface area contributed by atoms with E-state index in [9.17, 15) is 61.1 Å². The number of carboxylic acids is 1. The van der Waals surface area contributed by atoms with E-state index in [1.807, 2.05) is 0 Å². The molecule has 3 aromatic rings. The topological polar surface area (TPSA) is 427 Å². The molecule has 26 nitrogen and oxygen atoms in total. The minimum atomic E-state index is -5.32. The lowest BCUT2D eigenvalue weighted by molar-refractivity contribution is -0.434. The van der Waals surface area contributed by atoms with Crippen LogP contribution in [0.3, 0.4) is 0 Å². The van der Waals surface area contributed by atoms with Crippen molar-refractivity contribution in [3.8, 4) is 0 Å². The van der Waals surface area contributed by atoms with Crippen LogP contribution >= 0.6 is 12.3 Å². The SMILES string of the molecule is Cc1c(N)c(N=Nc2ccc(S(=O)(=O)CCOSOOO)cc2S(=O)(=O)O)c(C(=O)O)c(N=Nc2ccc(S(=O)(=O)CCOS(=O)(=O)O)cc2S(=O)(=O)O)c1N. The monoisotopic (exact) mass is 910 g/mol. The molecule has 3 rings (SSSR count). The summed E-state index contributed by atoms with van der Waals surface area (Å²) >= 11 is 0.0673. The molecular formula is C24H26N6O20S6. The molecule has 0 radical (unpaired) electrons. The van der Waals surface area contributed by atoms with E-state index in [2.05, 4.69) is 38.2 Å². The van der Waals surface area contributed by atoms with Crippen LogP contribution in [0.4, 0.5) is 34.1 Å². The number of anilines is 2. The third kappa shape index (κ3) is 11.9.